The number of hydrogen-bond donors (Lipinski definition) is 0. The Morgan fingerprint density at radius 3 is 2.31 bits per heavy atom. The van der Waals surface area contributed by atoms with Gasteiger partial charge in [0.05, 0.1) is 19.8 Å². The summed E-state index contributed by atoms with van der Waals surface area (Å²) in [7, 11) is 0. The zero-order valence-corrected chi connectivity index (χ0v) is 17.6. The van der Waals surface area contributed by atoms with E-state index in [1.807, 2.05) is 50.3 Å². The van der Waals surface area contributed by atoms with E-state index in [1.165, 1.54) is 0 Å². The second kappa shape index (κ2) is 11.7. The molecule has 0 aliphatic carbocycles. The number of allylic oxidation sites excluding steroid dienone is 2. The molecule has 0 spiro atoms. The third-order valence-electron chi connectivity index (χ3n) is 4.20. The van der Waals surface area contributed by atoms with Gasteiger partial charge < -0.3 is 14.2 Å². The molecule has 2 rings (SSSR count). The Morgan fingerprint density at radius 2 is 1.69 bits per heavy atom. The summed E-state index contributed by atoms with van der Waals surface area (Å²) in [5.41, 5.74) is 2.48. The van der Waals surface area contributed by atoms with Crippen LogP contribution < -0.4 is 14.2 Å². The van der Waals surface area contributed by atoms with Gasteiger partial charge in [-0.15, -0.1) is 6.58 Å². The third kappa shape index (κ3) is 6.53. The van der Waals surface area contributed by atoms with Crippen molar-refractivity contribution < 1.29 is 19.0 Å². The normalized spacial score (nSPS) is 10.7. The van der Waals surface area contributed by atoms with Crippen LogP contribution in [0.5, 0.6) is 17.2 Å². The molecule has 0 aliphatic rings. The van der Waals surface area contributed by atoms with Crippen LogP contribution in [0.25, 0.3) is 6.08 Å². The van der Waals surface area contributed by atoms with Gasteiger partial charge in [0.25, 0.3) is 0 Å². The van der Waals surface area contributed by atoms with E-state index in [9.17, 15) is 4.79 Å². The third-order valence-corrected chi connectivity index (χ3v) is 4.20. The van der Waals surface area contributed by atoms with Crippen molar-refractivity contribution in [2.24, 2.45) is 0 Å². The lowest BCUT2D eigenvalue weighted by molar-refractivity contribution is 0.104. The molecule has 0 radical (unpaired) electrons. The monoisotopic (exact) mass is 394 g/mol. The lowest BCUT2D eigenvalue weighted by atomic mass is 10.0. The molecule has 4 nitrogen and oxygen atoms in total. The molecule has 0 unspecified atom stereocenters. The molecule has 0 atom stereocenters. The van der Waals surface area contributed by atoms with Crippen LogP contribution in [0.2, 0.25) is 0 Å². The summed E-state index contributed by atoms with van der Waals surface area (Å²) < 4.78 is 17.0. The van der Waals surface area contributed by atoms with E-state index in [-0.39, 0.29) is 5.78 Å². The highest BCUT2D eigenvalue weighted by atomic mass is 16.5. The fourth-order valence-electron chi connectivity index (χ4n) is 2.88. The van der Waals surface area contributed by atoms with Crippen molar-refractivity contribution in [3.05, 3.63) is 71.8 Å². The minimum absolute atomic E-state index is 0.0728. The molecule has 4 heteroatoms. The first-order valence-electron chi connectivity index (χ1n) is 10.1. The van der Waals surface area contributed by atoms with Gasteiger partial charge in [-0.3, -0.25) is 4.79 Å². The number of ketones is 1. The number of carbonyl (C=O) groups is 1. The Balaban J connectivity index is 2.28. The molecule has 0 saturated heterocycles. The van der Waals surface area contributed by atoms with Gasteiger partial charge >= 0.3 is 0 Å². The van der Waals surface area contributed by atoms with E-state index < -0.39 is 0 Å². The van der Waals surface area contributed by atoms with Gasteiger partial charge in [0.2, 0.25) is 0 Å². The standard InChI is InChI=1S/C25H30O4/c1-5-9-23-20(17-22(27-7-3)18-25(23)28-8-4)12-15-24(26)19-10-13-21(14-11-19)29-16-6-2/h5,10-15,17-18H,1,6-9,16H2,2-4H3. The minimum atomic E-state index is -0.0728. The maximum Gasteiger partial charge on any atom is 0.185 e. The molecule has 2 aromatic carbocycles. The smallest absolute Gasteiger partial charge is 0.185 e. The fourth-order valence-corrected chi connectivity index (χ4v) is 2.88. The summed E-state index contributed by atoms with van der Waals surface area (Å²) >= 11 is 0. The first-order chi connectivity index (χ1) is 14.1. The molecule has 0 amide bonds. The predicted octanol–water partition coefficient (Wildman–Crippen LogP) is 5.90. The van der Waals surface area contributed by atoms with Gasteiger partial charge in [0, 0.05) is 17.2 Å². The zero-order chi connectivity index (χ0) is 21.1. The second-order valence-corrected chi connectivity index (χ2v) is 6.42. The van der Waals surface area contributed by atoms with Gasteiger partial charge in [-0.05, 0) is 68.7 Å². The van der Waals surface area contributed by atoms with Gasteiger partial charge in [0.1, 0.15) is 17.2 Å². The molecule has 0 heterocycles. The maximum atomic E-state index is 12.6. The Hall–Kier alpha value is -3.01. The summed E-state index contributed by atoms with van der Waals surface area (Å²) in [5, 5.41) is 0. The average Bonchev–Trinajstić information content (AvgIpc) is 2.73. The van der Waals surface area contributed by atoms with Crippen molar-refractivity contribution in [3.8, 4) is 17.2 Å². The molecule has 0 saturated carbocycles. The molecule has 29 heavy (non-hydrogen) atoms. The molecule has 154 valence electrons. The Morgan fingerprint density at radius 1 is 0.966 bits per heavy atom. The van der Waals surface area contributed by atoms with E-state index in [0.29, 0.717) is 37.6 Å². The minimum Gasteiger partial charge on any atom is -0.494 e. The quantitative estimate of drug-likeness (QED) is 0.255. The van der Waals surface area contributed by atoms with E-state index >= 15 is 0 Å². The Labute approximate surface area is 173 Å². The summed E-state index contributed by atoms with van der Waals surface area (Å²) in [6.07, 6.45) is 6.80. The fraction of sp³-hybridized carbons (Fsp3) is 0.320. The van der Waals surface area contributed by atoms with Gasteiger partial charge in [-0.2, -0.15) is 0 Å². The maximum absolute atomic E-state index is 12.6. The topological polar surface area (TPSA) is 44.8 Å². The summed E-state index contributed by atoms with van der Waals surface area (Å²) in [5.74, 6) is 2.17. The molecule has 0 N–H and O–H groups in total. The van der Waals surface area contributed by atoms with Gasteiger partial charge in [-0.25, -0.2) is 0 Å². The number of benzene rings is 2. The van der Waals surface area contributed by atoms with Crippen LogP contribution in [0.4, 0.5) is 0 Å². The Kier molecular flexibility index (Phi) is 9.03. The molecular weight excluding hydrogens is 364 g/mol. The highest BCUT2D eigenvalue weighted by Crippen LogP contribution is 2.31. The van der Waals surface area contributed by atoms with Crippen LogP contribution in [0, 0.1) is 0 Å². The van der Waals surface area contributed by atoms with E-state index in [2.05, 4.69) is 13.5 Å². The van der Waals surface area contributed by atoms with Crippen molar-refractivity contribution in [3.63, 3.8) is 0 Å². The second-order valence-electron chi connectivity index (χ2n) is 6.42. The van der Waals surface area contributed by atoms with E-state index in [1.54, 1.807) is 18.2 Å². The highest BCUT2D eigenvalue weighted by molar-refractivity contribution is 6.07. The molecule has 0 aromatic heterocycles. The number of hydrogen-bond acceptors (Lipinski definition) is 4. The highest BCUT2D eigenvalue weighted by Gasteiger charge is 2.11. The van der Waals surface area contributed by atoms with Crippen molar-refractivity contribution in [1.29, 1.82) is 0 Å². The van der Waals surface area contributed by atoms with Crippen molar-refractivity contribution >= 4 is 11.9 Å². The van der Waals surface area contributed by atoms with Crippen molar-refractivity contribution in [2.45, 2.75) is 33.6 Å². The van der Waals surface area contributed by atoms with E-state index in [0.717, 1.165) is 29.0 Å². The first-order valence-corrected chi connectivity index (χ1v) is 10.1. The summed E-state index contributed by atoms with van der Waals surface area (Å²) in [6.45, 7) is 11.5. The lowest BCUT2D eigenvalue weighted by Gasteiger charge is -2.15. The Bertz CT molecular complexity index is 835. The first kappa shape index (κ1) is 22.3. The number of ether oxygens (including phenoxy) is 3. The number of carbonyl (C=O) groups excluding carboxylic acids is 1. The average molecular weight is 395 g/mol. The predicted molar refractivity (Wildman–Crippen MR) is 118 cm³/mol. The van der Waals surface area contributed by atoms with Crippen molar-refractivity contribution in [1.82, 2.24) is 0 Å². The van der Waals surface area contributed by atoms with Crippen LogP contribution in [-0.4, -0.2) is 25.6 Å². The van der Waals surface area contributed by atoms with Crippen LogP contribution in [0.3, 0.4) is 0 Å². The van der Waals surface area contributed by atoms with Gasteiger partial charge in [-0.1, -0.05) is 19.1 Å². The van der Waals surface area contributed by atoms with Crippen LogP contribution >= 0.6 is 0 Å². The molecule has 0 aliphatic heterocycles. The van der Waals surface area contributed by atoms with Crippen LogP contribution in [0.1, 0.15) is 48.7 Å². The zero-order valence-electron chi connectivity index (χ0n) is 17.6. The summed E-state index contributed by atoms with van der Waals surface area (Å²) in [4.78, 5) is 12.6. The largest absolute Gasteiger partial charge is 0.494 e. The van der Waals surface area contributed by atoms with Gasteiger partial charge in [0.15, 0.2) is 5.78 Å². The molecule has 0 bridgehead atoms. The van der Waals surface area contributed by atoms with Crippen LogP contribution in [-0.2, 0) is 6.42 Å². The lowest BCUT2D eigenvalue weighted by Crippen LogP contribution is -2.01. The van der Waals surface area contributed by atoms with Crippen molar-refractivity contribution in [2.75, 3.05) is 19.8 Å². The number of rotatable bonds is 12. The molecule has 0 fully saturated rings. The molecular formula is C25H30O4. The van der Waals surface area contributed by atoms with Crippen LogP contribution in [0.15, 0.2) is 55.1 Å². The summed E-state index contributed by atoms with van der Waals surface area (Å²) in [6, 6.07) is 11.0. The molecule has 2 aromatic rings. The van der Waals surface area contributed by atoms with E-state index in [4.69, 9.17) is 14.2 Å². The SMILES string of the molecule is C=CCc1c(C=CC(=O)c2ccc(OCCC)cc2)cc(OCC)cc1OCC.